The van der Waals surface area contributed by atoms with E-state index in [2.05, 4.69) is 38.4 Å². The van der Waals surface area contributed by atoms with Gasteiger partial charge in [0.25, 0.3) is 0 Å². The Bertz CT molecular complexity index is 1550. The summed E-state index contributed by atoms with van der Waals surface area (Å²) in [6.45, 7) is 13.8. The van der Waals surface area contributed by atoms with E-state index in [0.29, 0.717) is 27.7 Å². The maximum absolute atomic E-state index is 12.3. The zero-order valence-electron chi connectivity index (χ0n) is 22.4. The Balaban J connectivity index is 1.72. The summed E-state index contributed by atoms with van der Waals surface area (Å²) in [7, 11) is 1.48. The molecule has 5 nitrogen and oxygen atoms in total. The topological polar surface area (TPSA) is 71.0 Å². The molecule has 1 unspecified atom stereocenters. The predicted molar refractivity (Wildman–Crippen MR) is 155 cm³/mol. The van der Waals surface area contributed by atoms with Crippen LogP contribution in [0.3, 0.4) is 0 Å². The molecule has 2 aliphatic heterocycles. The third-order valence-electron chi connectivity index (χ3n) is 6.17. The van der Waals surface area contributed by atoms with Crippen LogP contribution in [0.5, 0.6) is 17.2 Å². The lowest BCUT2D eigenvalue weighted by atomic mass is 9.83. The number of methoxy groups -OCH3 is 1. The average Bonchev–Trinajstić information content (AvgIpc) is 2.85. The highest BCUT2D eigenvalue weighted by Crippen LogP contribution is 2.54. The van der Waals surface area contributed by atoms with Crippen LogP contribution in [-0.4, -0.2) is 35.1 Å². The van der Waals surface area contributed by atoms with Gasteiger partial charge in [-0.2, -0.15) is 13.2 Å². The molecule has 0 bridgehead atoms. The third kappa shape index (κ3) is 6.09. The van der Waals surface area contributed by atoms with Gasteiger partial charge < -0.3 is 25.0 Å². The number of hydrogen-bond donors (Lipinski definition) is 3. The van der Waals surface area contributed by atoms with Crippen molar-refractivity contribution in [2.24, 2.45) is 0 Å². The number of anilines is 1. The first-order chi connectivity index (χ1) is 18.7. The minimum Gasteiger partial charge on any atom is -0.504 e. The molecule has 4 rings (SSSR count). The van der Waals surface area contributed by atoms with Gasteiger partial charge in [-0.1, -0.05) is 43.0 Å². The number of aliphatic hydroxyl groups is 1. The molecule has 40 heavy (non-hydrogen) atoms. The van der Waals surface area contributed by atoms with Gasteiger partial charge in [0.2, 0.25) is 0 Å². The number of rotatable bonds is 6. The number of hydrogen-bond acceptors (Lipinski definition) is 6. The number of ether oxygens (including phenoxy) is 2. The van der Waals surface area contributed by atoms with E-state index < -0.39 is 12.3 Å². The van der Waals surface area contributed by atoms with Crippen molar-refractivity contribution in [1.82, 2.24) is 0 Å². The lowest BCUT2D eigenvalue weighted by Gasteiger charge is -2.35. The van der Waals surface area contributed by atoms with Crippen LogP contribution in [0, 0.1) is 11.8 Å². The molecule has 208 valence electrons. The first-order valence-corrected chi connectivity index (χ1v) is 13.0. The van der Waals surface area contributed by atoms with Gasteiger partial charge in [-0.15, -0.1) is 0 Å². The van der Waals surface area contributed by atoms with E-state index in [-0.39, 0.29) is 16.9 Å². The molecular formula is C31H28F3NO4S. The van der Waals surface area contributed by atoms with Crippen molar-refractivity contribution in [3.05, 3.63) is 82.7 Å². The Kier molecular flexibility index (Phi) is 7.88. The monoisotopic (exact) mass is 567 g/mol. The Morgan fingerprint density at radius 2 is 1.90 bits per heavy atom. The molecule has 2 aliphatic rings. The molecule has 2 heterocycles. The zero-order chi connectivity index (χ0) is 29.4. The van der Waals surface area contributed by atoms with E-state index in [1.54, 1.807) is 23.5 Å². The lowest BCUT2D eigenvalue weighted by molar-refractivity contribution is -0.0699. The van der Waals surface area contributed by atoms with Crippen LogP contribution in [0.4, 0.5) is 18.9 Å². The molecule has 1 atom stereocenters. The maximum atomic E-state index is 12.3. The molecular weight excluding hydrogens is 539 g/mol. The predicted octanol–water partition coefficient (Wildman–Crippen LogP) is 7.65. The minimum absolute atomic E-state index is 0.00770. The summed E-state index contributed by atoms with van der Waals surface area (Å²) in [4.78, 5) is 0.554. The second kappa shape index (κ2) is 10.9. The van der Waals surface area contributed by atoms with Gasteiger partial charge in [0.15, 0.2) is 11.5 Å². The number of aliphatic hydroxyl groups excluding tert-OH is 1. The zero-order valence-corrected chi connectivity index (χ0v) is 23.2. The normalized spacial score (nSPS) is 16.8. The molecule has 0 amide bonds. The standard InChI is InChI=1S/C31H28F3NO4S/c1-17(22(36)11-13-31(32,33)34)12-14-40-19(3)15-25-27-20(28-24(39-25)10-9-23(37)29(28)38-6)7-8-21-26(27)18(2)16-30(4,5)35-21/h7-10,12,14-16,22,35-37H,1,3H2,2,4-6H3/b14-12-,25-15-. The molecule has 0 fully saturated rings. The van der Waals surface area contributed by atoms with Crippen molar-refractivity contribution < 1.29 is 32.9 Å². The fourth-order valence-corrected chi connectivity index (χ4v) is 5.26. The number of alkyl halides is 3. The largest absolute Gasteiger partial charge is 0.504 e. The molecule has 9 heteroatoms. The van der Waals surface area contributed by atoms with Gasteiger partial charge in [-0.05, 0) is 67.7 Å². The number of phenols is 1. The van der Waals surface area contributed by atoms with E-state index in [0.717, 1.165) is 33.9 Å². The highest BCUT2D eigenvalue weighted by Gasteiger charge is 2.33. The van der Waals surface area contributed by atoms with Crippen LogP contribution in [0.15, 0.2) is 71.5 Å². The number of benzene rings is 2. The van der Waals surface area contributed by atoms with Crippen molar-refractivity contribution >= 4 is 28.8 Å². The van der Waals surface area contributed by atoms with Crippen LogP contribution < -0.4 is 14.8 Å². The highest BCUT2D eigenvalue weighted by atomic mass is 32.2. The average molecular weight is 568 g/mol. The summed E-state index contributed by atoms with van der Waals surface area (Å²) in [5, 5.41) is 25.4. The third-order valence-corrected chi connectivity index (χ3v) is 6.86. The number of fused-ring (bicyclic) bond motifs is 5. The first-order valence-electron chi connectivity index (χ1n) is 12.1. The van der Waals surface area contributed by atoms with Crippen LogP contribution in [-0.2, 0) is 0 Å². The second-order valence-electron chi connectivity index (χ2n) is 9.82. The van der Waals surface area contributed by atoms with Gasteiger partial charge in [0, 0.05) is 33.2 Å². The number of halogens is 3. The summed E-state index contributed by atoms with van der Waals surface area (Å²) >= 11 is 1.17. The summed E-state index contributed by atoms with van der Waals surface area (Å²) in [5.41, 5.74) is 4.86. The molecule has 0 aliphatic carbocycles. The first kappa shape index (κ1) is 29.0. The summed E-state index contributed by atoms with van der Waals surface area (Å²) < 4.78 is 48.8. The summed E-state index contributed by atoms with van der Waals surface area (Å²) in [6, 6.07) is 7.11. The van der Waals surface area contributed by atoms with Crippen molar-refractivity contribution in [2.45, 2.75) is 38.6 Å². The van der Waals surface area contributed by atoms with E-state index >= 15 is 0 Å². The lowest BCUT2D eigenvalue weighted by Crippen LogP contribution is -2.32. The van der Waals surface area contributed by atoms with E-state index in [1.165, 1.54) is 31.0 Å². The van der Waals surface area contributed by atoms with E-state index in [9.17, 15) is 23.4 Å². The van der Waals surface area contributed by atoms with Gasteiger partial charge in [0.05, 0.1) is 18.2 Å². The second-order valence-corrected chi connectivity index (χ2v) is 10.9. The number of thioether (sulfide) groups is 1. The number of aromatic hydroxyl groups is 1. The SMILES string of the molecule is C=C(/C=C1\Oc2ccc(O)c(OC)c2-c2ccc3c(c21)C(C)=CC(C)(C)N3)S/C=C\C(=C)C(O)C#CC(F)(F)F. The van der Waals surface area contributed by atoms with E-state index in [1.807, 2.05) is 19.1 Å². The molecule has 2 aromatic rings. The maximum Gasteiger partial charge on any atom is 0.457 e. The van der Waals surface area contributed by atoms with Gasteiger partial charge >= 0.3 is 6.18 Å². The van der Waals surface area contributed by atoms with Crippen LogP contribution in [0.1, 0.15) is 31.9 Å². The fraction of sp³-hybridized carbons (Fsp3) is 0.226. The molecule has 0 saturated carbocycles. The minimum atomic E-state index is -4.70. The smallest absolute Gasteiger partial charge is 0.457 e. The van der Waals surface area contributed by atoms with Crippen molar-refractivity contribution in [1.29, 1.82) is 0 Å². The number of allylic oxidation sites excluding steroid dienone is 2. The molecule has 0 aromatic heterocycles. The van der Waals surface area contributed by atoms with Crippen molar-refractivity contribution in [2.75, 3.05) is 12.4 Å². The quantitative estimate of drug-likeness (QED) is 0.246. The summed E-state index contributed by atoms with van der Waals surface area (Å²) in [5.74, 6) is 4.06. The highest BCUT2D eigenvalue weighted by molar-refractivity contribution is 8.06. The molecule has 0 saturated heterocycles. The molecule has 2 aromatic carbocycles. The molecule has 3 N–H and O–H groups in total. The van der Waals surface area contributed by atoms with Gasteiger partial charge in [0.1, 0.15) is 17.6 Å². The molecule has 0 spiro atoms. The molecule has 0 radical (unpaired) electrons. The Morgan fingerprint density at radius 1 is 1.18 bits per heavy atom. The van der Waals surface area contributed by atoms with Crippen LogP contribution in [0.25, 0.3) is 22.5 Å². The fourth-order valence-electron chi connectivity index (χ4n) is 4.67. The van der Waals surface area contributed by atoms with Crippen LogP contribution in [0.2, 0.25) is 0 Å². The van der Waals surface area contributed by atoms with Crippen molar-refractivity contribution in [3.8, 4) is 40.2 Å². The summed E-state index contributed by atoms with van der Waals surface area (Å²) in [6.07, 6.45) is -1.08. The number of phenolic OH excluding ortho intramolecular Hbond substituents is 1. The van der Waals surface area contributed by atoms with Crippen LogP contribution >= 0.6 is 11.8 Å². The van der Waals surface area contributed by atoms with Crippen molar-refractivity contribution in [3.63, 3.8) is 0 Å². The Hall–Kier alpha value is -4.00. The Morgan fingerprint density at radius 3 is 2.58 bits per heavy atom. The van der Waals surface area contributed by atoms with E-state index in [4.69, 9.17) is 9.47 Å². The Labute approximate surface area is 235 Å². The number of nitrogens with one attached hydrogen (secondary N) is 1. The van der Waals surface area contributed by atoms with Gasteiger partial charge in [-0.25, -0.2) is 0 Å². The van der Waals surface area contributed by atoms with Gasteiger partial charge in [-0.3, -0.25) is 0 Å².